The Morgan fingerprint density at radius 3 is 2.74 bits per heavy atom. The molecule has 9 heteroatoms. The monoisotopic (exact) mass is 444 g/mol. The molecule has 1 fully saturated rings. The van der Waals surface area contributed by atoms with Crippen molar-refractivity contribution in [2.24, 2.45) is 5.92 Å². The summed E-state index contributed by atoms with van der Waals surface area (Å²) in [6, 6.07) is 7.62. The number of esters is 1. The van der Waals surface area contributed by atoms with Gasteiger partial charge in [0.2, 0.25) is 10.8 Å². The Morgan fingerprint density at radius 1 is 1.32 bits per heavy atom. The quantitative estimate of drug-likeness (QED) is 0.559. The molecular weight excluding hydrogens is 416 g/mol. The zero-order valence-corrected chi connectivity index (χ0v) is 18.9. The Hall–Kier alpha value is -2.65. The van der Waals surface area contributed by atoms with Crippen molar-refractivity contribution in [3.63, 3.8) is 0 Å². The summed E-state index contributed by atoms with van der Waals surface area (Å²) in [5, 5.41) is 15.5. The Balaban J connectivity index is 1.73. The molecule has 3 heterocycles. The second-order valence-electron chi connectivity index (χ2n) is 7.63. The summed E-state index contributed by atoms with van der Waals surface area (Å²) in [4.78, 5) is 20.6. The van der Waals surface area contributed by atoms with Gasteiger partial charge in [0, 0.05) is 13.0 Å². The maximum absolute atomic E-state index is 12.4. The molecule has 0 radical (unpaired) electrons. The molecule has 1 saturated heterocycles. The second-order valence-corrected chi connectivity index (χ2v) is 8.64. The number of aromatic nitrogens is 3. The van der Waals surface area contributed by atoms with Crippen LogP contribution in [-0.2, 0) is 16.0 Å². The largest absolute Gasteiger partial charge is 0.497 e. The summed E-state index contributed by atoms with van der Waals surface area (Å²) in [5.74, 6) is 1.25. The molecule has 31 heavy (non-hydrogen) atoms. The minimum absolute atomic E-state index is 0.103. The van der Waals surface area contributed by atoms with Gasteiger partial charge in [0.1, 0.15) is 5.75 Å². The number of likely N-dealkylation sites (tertiary alicyclic amines) is 1. The number of ether oxygens (including phenoxy) is 2. The van der Waals surface area contributed by atoms with E-state index in [1.807, 2.05) is 38.1 Å². The number of carbonyl (C=O) groups is 1. The lowest BCUT2D eigenvalue weighted by atomic mass is 9.94. The van der Waals surface area contributed by atoms with Crippen LogP contribution in [-0.4, -0.2) is 57.4 Å². The molecule has 0 spiro atoms. The van der Waals surface area contributed by atoms with Gasteiger partial charge in [-0.3, -0.25) is 9.69 Å². The molecule has 0 unspecified atom stereocenters. The summed E-state index contributed by atoms with van der Waals surface area (Å²) in [5.41, 5.74) is 1.01. The van der Waals surface area contributed by atoms with Crippen molar-refractivity contribution in [3.05, 3.63) is 40.5 Å². The van der Waals surface area contributed by atoms with E-state index in [1.165, 1.54) is 15.9 Å². The molecule has 3 aromatic rings. The molecular formula is C22H28N4O4S. The van der Waals surface area contributed by atoms with E-state index < -0.39 is 0 Å². The lowest BCUT2D eigenvalue weighted by Crippen LogP contribution is -2.41. The van der Waals surface area contributed by atoms with E-state index in [9.17, 15) is 9.90 Å². The topological polar surface area (TPSA) is 89.2 Å². The highest BCUT2D eigenvalue weighted by Gasteiger charge is 2.35. The maximum Gasteiger partial charge on any atom is 0.310 e. The number of benzene rings is 1. The molecule has 0 aliphatic carbocycles. The third kappa shape index (κ3) is 4.24. The zero-order chi connectivity index (χ0) is 22.0. The van der Waals surface area contributed by atoms with Crippen molar-refractivity contribution in [2.75, 3.05) is 26.8 Å². The number of rotatable bonds is 7. The van der Waals surface area contributed by atoms with Crippen molar-refractivity contribution < 1.29 is 19.4 Å². The number of carbonyl (C=O) groups excluding carboxylic acids is 1. The third-order valence-corrected chi connectivity index (χ3v) is 6.75. The second kappa shape index (κ2) is 9.23. The van der Waals surface area contributed by atoms with Crippen LogP contribution in [0, 0.1) is 5.92 Å². The Labute approximate surface area is 185 Å². The smallest absolute Gasteiger partial charge is 0.310 e. The highest BCUT2D eigenvalue weighted by molar-refractivity contribution is 7.17. The molecule has 4 rings (SSSR count). The summed E-state index contributed by atoms with van der Waals surface area (Å²) >= 11 is 1.44. The molecule has 2 atom stereocenters. The number of thiazole rings is 1. The van der Waals surface area contributed by atoms with E-state index in [0.717, 1.165) is 35.6 Å². The Morgan fingerprint density at radius 2 is 2.10 bits per heavy atom. The molecule has 0 amide bonds. The van der Waals surface area contributed by atoms with Gasteiger partial charge in [0.25, 0.3) is 0 Å². The first-order valence-corrected chi connectivity index (χ1v) is 11.5. The fraction of sp³-hybridized carbons (Fsp3) is 0.500. The molecule has 1 N–H and O–H groups in total. The van der Waals surface area contributed by atoms with Crippen LogP contribution in [0.4, 0.5) is 0 Å². The molecule has 1 aromatic carbocycles. The minimum atomic E-state index is -0.221. The minimum Gasteiger partial charge on any atom is -0.497 e. The van der Waals surface area contributed by atoms with Crippen molar-refractivity contribution in [1.29, 1.82) is 0 Å². The predicted octanol–water partition coefficient (Wildman–Crippen LogP) is 3.43. The van der Waals surface area contributed by atoms with Gasteiger partial charge in [-0.05, 0) is 44.0 Å². The molecule has 8 nitrogen and oxygen atoms in total. The van der Waals surface area contributed by atoms with Crippen LogP contribution in [0.15, 0.2) is 24.3 Å². The fourth-order valence-electron chi connectivity index (χ4n) is 4.13. The average molecular weight is 445 g/mol. The lowest BCUT2D eigenvalue weighted by Gasteiger charge is -2.37. The van der Waals surface area contributed by atoms with Crippen molar-refractivity contribution in [1.82, 2.24) is 19.5 Å². The van der Waals surface area contributed by atoms with E-state index in [4.69, 9.17) is 9.47 Å². The van der Waals surface area contributed by atoms with Gasteiger partial charge in [-0.2, -0.15) is 4.52 Å². The summed E-state index contributed by atoms with van der Waals surface area (Å²) in [7, 11) is 1.64. The normalized spacial score (nSPS) is 18.2. The molecule has 166 valence electrons. The highest BCUT2D eigenvalue weighted by Crippen LogP contribution is 2.41. The lowest BCUT2D eigenvalue weighted by molar-refractivity contribution is -0.150. The number of hydrogen-bond donors (Lipinski definition) is 1. The zero-order valence-electron chi connectivity index (χ0n) is 18.1. The van der Waals surface area contributed by atoms with Crippen LogP contribution in [0.5, 0.6) is 11.6 Å². The van der Waals surface area contributed by atoms with E-state index in [0.29, 0.717) is 30.4 Å². The number of aryl methyl sites for hydroxylation is 1. The average Bonchev–Trinajstić information content (AvgIpc) is 3.34. The summed E-state index contributed by atoms with van der Waals surface area (Å²) < 4.78 is 12.1. The molecule has 0 saturated carbocycles. The predicted molar refractivity (Wildman–Crippen MR) is 118 cm³/mol. The van der Waals surface area contributed by atoms with Crippen molar-refractivity contribution in [3.8, 4) is 11.6 Å². The van der Waals surface area contributed by atoms with E-state index >= 15 is 0 Å². The standard InChI is InChI=1S/C22H28N4O4S/c1-4-17-23-22-26(24-17)20(27)19(31-22)18(14-8-10-16(29-3)11-9-14)25-12-6-7-15(13-25)21(28)30-5-2/h8-11,15,18,27H,4-7,12-13H2,1-3H3/t15-,18+/m1/s1. The van der Waals surface area contributed by atoms with Gasteiger partial charge in [-0.15, -0.1) is 5.10 Å². The van der Waals surface area contributed by atoms with E-state index in [2.05, 4.69) is 15.0 Å². The Bertz CT molecular complexity index is 1050. The number of methoxy groups -OCH3 is 1. The number of aromatic hydroxyl groups is 1. The van der Waals surface area contributed by atoms with Gasteiger partial charge in [-0.1, -0.05) is 30.4 Å². The van der Waals surface area contributed by atoms with Crippen molar-refractivity contribution >= 4 is 22.3 Å². The fourth-order valence-corrected chi connectivity index (χ4v) is 5.26. The number of hydrogen-bond acceptors (Lipinski definition) is 8. The first-order chi connectivity index (χ1) is 15.0. The van der Waals surface area contributed by atoms with Crippen LogP contribution in [0.1, 0.15) is 49.0 Å². The highest BCUT2D eigenvalue weighted by atomic mass is 32.1. The number of nitrogens with zero attached hydrogens (tertiary/aromatic N) is 4. The summed E-state index contributed by atoms with van der Waals surface area (Å²) in [6.45, 7) is 5.59. The van der Waals surface area contributed by atoms with Gasteiger partial charge < -0.3 is 14.6 Å². The van der Waals surface area contributed by atoms with Crippen molar-refractivity contribution in [2.45, 2.75) is 39.2 Å². The third-order valence-electron chi connectivity index (χ3n) is 5.68. The first-order valence-electron chi connectivity index (χ1n) is 10.7. The number of fused-ring (bicyclic) bond motifs is 1. The van der Waals surface area contributed by atoms with Crippen LogP contribution >= 0.6 is 11.3 Å². The number of piperidine rings is 1. The molecule has 2 aromatic heterocycles. The van der Waals surface area contributed by atoms with E-state index in [1.54, 1.807) is 7.11 Å². The van der Waals surface area contributed by atoms with Gasteiger partial charge >= 0.3 is 5.97 Å². The van der Waals surface area contributed by atoms with Crippen LogP contribution < -0.4 is 4.74 Å². The molecule has 1 aliphatic rings. The van der Waals surface area contributed by atoms with E-state index in [-0.39, 0.29) is 23.8 Å². The summed E-state index contributed by atoms with van der Waals surface area (Å²) in [6.07, 6.45) is 2.40. The van der Waals surface area contributed by atoms with Crippen LogP contribution in [0.2, 0.25) is 0 Å². The Kier molecular flexibility index (Phi) is 6.43. The van der Waals surface area contributed by atoms with Gasteiger partial charge in [0.05, 0.1) is 30.6 Å². The van der Waals surface area contributed by atoms with Crippen LogP contribution in [0.25, 0.3) is 4.96 Å². The van der Waals surface area contributed by atoms with Crippen LogP contribution in [0.3, 0.4) is 0 Å². The van der Waals surface area contributed by atoms with Gasteiger partial charge in [-0.25, -0.2) is 4.98 Å². The van der Waals surface area contributed by atoms with Gasteiger partial charge in [0.15, 0.2) is 5.82 Å². The SMILES string of the molecule is CCOC(=O)[C@@H]1CCCN([C@@H](c2ccc(OC)cc2)c2sc3nc(CC)nn3c2O)C1. The molecule has 0 bridgehead atoms. The maximum atomic E-state index is 12.4. The first kappa shape index (κ1) is 21.6. The molecule has 1 aliphatic heterocycles.